The lowest BCUT2D eigenvalue weighted by Gasteiger charge is -2.10. The number of carbonyl (C=O) groups excluding carboxylic acids is 1. The summed E-state index contributed by atoms with van der Waals surface area (Å²) in [6.45, 7) is 2.05. The van der Waals surface area contributed by atoms with Crippen molar-refractivity contribution in [2.75, 3.05) is 5.32 Å². The van der Waals surface area contributed by atoms with E-state index >= 15 is 0 Å². The van der Waals surface area contributed by atoms with Crippen molar-refractivity contribution >= 4 is 50.9 Å². The number of rotatable bonds is 7. The Kier molecular flexibility index (Phi) is 7.83. The molecule has 0 fully saturated rings. The Morgan fingerprint density at radius 1 is 1.21 bits per heavy atom. The molecule has 166 valence electrons. The molecule has 0 saturated heterocycles. The molecule has 3 aromatic carbocycles. The van der Waals surface area contributed by atoms with Crippen LogP contribution in [0, 0.1) is 28.4 Å². The van der Waals surface area contributed by atoms with Crippen LogP contribution in [0.5, 0.6) is 5.75 Å². The van der Waals surface area contributed by atoms with E-state index in [0.717, 1.165) is 5.56 Å². The van der Waals surface area contributed by atoms with Crippen LogP contribution in [-0.4, -0.2) is 10.8 Å². The van der Waals surface area contributed by atoms with Gasteiger partial charge in [0.15, 0.2) is 0 Å². The molecular weight excluding hydrogens is 510 g/mol. The van der Waals surface area contributed by atoms with Crippen molar-refractivity contribution in [3.05, 3.63) is 103 Å². The average molecular weight is 527 g/mol. The van der Waals surface area contributed by atoms with Gasteiger partial charge in [0.05, 0.1) is 15.1 Å². The SMILES string of the molecule is Cc1ccc([N+](=O)[O-])cc1NC(=O)/C(C#N)=C/c1ccc(OCc2ccc(Cl)cc2)c(Br)c1. The van der Waals surface area contributed by atoms with E-state index in [1.807, 2.05) is 18.2 Å². The number of hydrogen-bond donors (Lipinski definition) is 1. The van der Waals surface area contributed by atoms with Gasteiger partial charge in [-0.2, -0.15) is 5.26 Å². The summed E-state index contributed by atoms with van der Waals surface area (Å²) >= 11 is 9.33. The lowest BCUT2D eigenvalue weighted by Crippen LogP contribution is -2.14. The predicted octanol–water partition coefficient (Wildman–Crippen LogP) is 6.44. The van der Waals surface area contributed by atoms with E-state index in [-0.39, 0.29) is 16.9 Å². The van der Waals surface area contributed by atoms with Gasteiger partial charge in [-0.1, -0.05) is 35.9 Å². The molecule has 0 bridgehead atoms. The zero-order valence-corrected chi connectivity index (χ0v) is 19.7. The molecule has 0 aliphatic carbocycles. The highest BCUT2D eigenvalue weighted by molar-refractivity contribution is 9.10. The number of halogens is 2. The molecule has 0 saturated carbocycles. The number of carbonyl (C=O) groups is 1. The number of nitro benzene ring substituents is 1. The number of nitriles is 1. The normalized spacial score (nSPS) is 10.9. The molecular formula is C24H17BrClN3O4. The van der Waals surface area contributed by atoms with E-state index < -0.39 is 10.8 Å². The topological polar surface area (TPSA) is 105 Å². The first kappa shape index (κ1) is 24.0. The Balaban J connectivity index is 1.74. The maximum atomic E-state index is 12.6. The van der Waals surface area contributed by atoms with Gasteiger partial charge in [-0.25, -0.2) is 0 Å². The summed E-state index contributed by atoms with van der Waals surface area (Å²) in [5, 5.41) is 23.7. The molecule has 0 aliphatic rings. The Labute approximate surface area is 203 Å². The fraction of sp³-hybridized carbons (Fsp3) is 0.0833. The summed E-state index contributed by atoms with van der Waals surface area (Å²) in [5.41, 5.74) is 2.15. The standard InChI is InChI=1S/C24H17BrClN3O4/c1-15-2-8-20(29(31)32)12-22(15)28-24(30)18(13-27)10-17-5-9-23(21(25)11-17)33-14-16-3-6-19(26)7-4-16/h2-12H,14H2,1H3,(H,28,30)/b18-10+. The van der Waals surface area contributed by atoms with Gasteiger partial charge in [0.25, 0.3) is 11.6 Å². The Bertz CT molecular complexity index is 1280. The molecule has 0 heterocycles. The van der Waals surface area contributed by atoms with Crippen LogP contribution in [-0.2, 0) is 11.4 Å². The highest BCUT2D eigenvalue weighted by atomic mass is 79.9. The fourth-order valence-electron chi connectivity index (χ4n) is 2.83. The molecule has 7 nitrogen and oxygen atoms in total. The molecule has 0 unspecified atom stereocenters. The summed E-state index contributed by atoms with van der Waals surface area (Å²) in [7, 11) is 0. The van der Waals surface area contributed by atoms with E-state index in [2.05, 4.69) is 21.2 Å². The van der Waals surface area contributed by atoms with E-state index in [1.165, 1.54) is 24.3 Å². The van der Waals surface area contributed by atoms with E-state index in [9.17, 15) is 20.2 Å². The maximum absolute atomic E-state index is 12.6. The number of amides is 1. The quantitative estimate of drug-likeness (QED) is 0.165. The van der Waals surface area contributed by atoms with Gasteiger partial charge in [0.2, 0.25) is 0 Å². The summed E-state index contributed by atoms with van der Waals surface area (Å²) in [4.78, 5) is 23.0. The van der Waals surface area contributed by atoms with Crippen LogP contribution in [0.4, 0.5) is 11.4 Å². The third-order valence-corrected chi connectivity index (χ3v) is 5.49. The lowest BCUT2D eigenvalue weighted by atomic mass is 10.1. The molecule has 9 heteroatoms. The summed E-state index contributed by atoms with van der Waals surface area (Å²) in [5.74, 6) is -0.0717. The zero-order chi connectivity index (χ0) is 24.0. The number of non-ortho nitro benzene ring substituents is 1. The van der Waals surface area contributed by atoms with Crippen LogP contribution in [0.25, 0.3) is 6.08 Å². The summed E-state index contributed by atoms with van der Waals surface area (Å²) in [6, 6.07) is 18.5. The van der Waals surface area contributed by atoms with Gasteiger partial charge in [0.1, 0.15) is 24.0 Å². The molecule has 0 radical (unpaired) electrons. The number of ether oxygens (including phenoxy) is 1. The molecule has 0 aliphatic heterocycles. The third-order valence-electron chi connectivity index (χ3n) is 4.62. The molecule has 0 spiro atoms. The molecule has 3 rings (SSSR count). The van der Waals surface area contributed by atoms with E-state index in [4.69, 9.17) is 16.3 Å². The van der Waals surface area contributed by atoms with Crippen molar-refractivity contribution < 1.29 is 14.5 Å². The second-order valence-corrected chi connectivity index (χ2v) is 8.28. The second kappa shape index (κ2) is 10.8. The highest BCUT2D eigenvalue weighted by Crippen LogP contribution is 2.28. The molecule has 33 heavy (non-hydrogen) atoms. The largest absolute Gasteiger partial charge is 0.488 e. The van der Waals surface area contributed by atoms with Crippen LogP contribution < -0.4 is 10.1 Å². The van der Waals surface area contributed by atoms with E-state index in [1.54, 1.807) is 37.3 Å². The van der Waals surface area contributed by atoms with Crippen molar-refractivity contribution in [3.63, 3.8) is 0 Å². The van der Waals surface area contributed by atoms with Crippen molar-refractivity contribution in [1.82, 2.24) is 0 Å². The number of benzene rings is 3. The summed E-state index contributed by atoms with van der Waals surface area (Å²) in [6.07, 6.45) is 1.43. The smallest absolute Gasteiger partial charge is 0.271 e. The molecule has 1 amide bonds. The van der Waals surface area contributed by atoms with Crippen molar-refractivity contribution in [3.8, 4) is 11.8 Å². The fourth-order valence-corrected chi connectivity index (χ4v) is 3.47. The number of anilines is 1. The Hall–Kier alpha value is -3.67. The van der Waals surface area contributed by atoms with Gasteiger partial charge in [0, 0.05) is 17.2 Å². The first-order chi connectivity index (χ1) is 15.8. The van der Waals surface area contributed by atoms with Crippen molar-refractivity contribution in [2.24, 2.45) is 0 Å². The van der Waals surface area contributed by atoms with Gasteiger partial charge >= 0.3 is 0 Å². The van der Waals surface area contributed by atoms with Crippen LogP contribution in [0.1, 0.15) is 16.7 Å². The molecule has 1 N–H and O–H groups in total. The minimum Gasteiger partial charge on any atom is -0.488 e. The van der Waals surface area contributed by atoms with Crippen molar-refractivity contribution in [2.45, 2.75) is 13.5 Å². The van der Waals surface area contributed by atoms with Gasteiger partial charge < -0.3 is 10.1 Å². The molecule has 0 aromatic heterocycles. The average Bonchev–Trinajstić information content (AvgIpc) is 2.79. The van der Waals surface area contributed by atoms with E-state index in [0.29, 0.717) is 33.0 Å². The monoisotopic (exact) mass is 525 g/mol. The summed E-state index contributed by atoms with van der Waals surface area (Å²) < 4.78 is 6.46. The highest BCUT2D eigenvalue weighted by Gasteiger charge is 2.14. The van der Waals surface area contributed by atoms with Crippen LogP contribution in [0.3, 0.4) is 0 Å². The first-order valence-corrected chi connectivity index (χ1v) is 10.8. The van der Waals surface area contributed by atoms with Crippen LogP contribution in [0.15, 0.2) is 70.7 Å². The number of aryl methyl sites for hydroxylation is 1. The predicted molar refractivity (Wildman–Crippen MR) is 130 cm³/mol. The Morgan fingerprint density at radius 2 is 1.94 bits per heavy atom. The zero-order valence-electron chi connectivity index (χ0n) is 17.3. The minimum atomic E-state index is -0.666. The number of hydrogen-bond acceptors (Lipinski definition) is 5. The number of nitrogens with zero attached hydrogens (tertiary/aromatic N) is 2. The minimum absolute atomic E-state index is 0.150. The molecule has 3 aromatic rings. The molecule has 0 atom stereocenters. The van der Waals surface area contributed by atoms with Crippen LogP contribution >= 0.6 is 27.5 Å². The maximum Gasteiger partial charge on any atom is 0.271 e. The lowest BCUT2D eigenvalue weighted by molar-refractivity contribution is -0.384. The van der Waals surface area contributed by atoms with Gasteiger partial charge in [-0.15, -0.1) is 0 Å². The third kappa shape index (κ3) is 6.42. The number of nitro groups is 1. The van der Waals surface area contributed by atoms with Gasteiger partial charge in [-0.3, -0.25) is 14.9 Å². The number of nitrogens with one attached hydrogen (secondary N) is 1. The second-order valence-electron chi connectivity index (χ2n) is 6.99. The van der Waals surface area contributed by atoms with Gasteiger partial charge in [-0.05, 0) is 69.9 Å². The first-order valence-electron chi connectivity index (χ1n) is 9.62. The van der Waals surface area contributed by atoms with Crippen LogP contribution in [0.2, 0.25) is 5.02 Å². The van der Waals surface area contributed by atoms with Crippen molar-refractivity contribution in [1.29, 1.82) is 5.26 Å². The Morgan fingerprint density at radius 3 is 2.58 bits per heavy atom.